The van der Waals surface area contributed by atoms with Gasteiger partial charge >= 0.3 is 0 Å². The molecule has 0 aromatic carbocycles. The van der Waals surface area contributed by atoms with E-state index in [4.69, 9.17) is 0 Å². The van der Waals surface area contributed by atoms with Gasteiger partial charge in [-0.05, 0) is 41.7 Å². The van der Waals surface area contributed by atoms with E-state index < -0.39 is 10.0 Å². The van der Waals surface area contributed by atoms with E-state index in [1.807, 2.05) is 19.4 Å². The van der Waals surface area contributed by atoms with Crippen molar-refractivity contribution < 1.29 is 8.42 Å². The maximum Gasteiger partial charge on any atom is 0.241 e. The average molecular weight is 331 g/mol. The minimum atomic E-state index is -3.44. The maximum atomic E-state index is 12.6. The minimum absolute atomic E-state index is 0.188. The molecule has 1 aromatic rings. The van der Waals surface area contributed by atoms with Crippen molar-refractivity contribution in [2.45, 2.75) is 46.1 Å². The van der Waals surface area contributed by atoms with E-state index in [2.05, 4.69) is 37.7 Å². The van der Waals surface area contributed by atoms with Crippen LogP contribution in [0, 0.1) is 23.7 Å². The molecule has 0 amide bonds. The van der Waals surface area contributed by atoms with Crippen LogP contribution in [-0.4, -0.2) is 22.0 Å². The van der Waals surface area contributed by atoms with Crippen molar-refractivity contribution in [3.63, 3.8) is 0 Å². The van der Waals surface area contributed by atoms with Crippen molar-refractivity contribution in [1.29, 1.82) is 0 Å². The number of thiophene rings is 1. The molecule has 1 fully saturated rings. The molecule has 0 aliphatic heterocycles. The lowest BCUT2D eigenvalue weighted by Gasteiger charge is -2.10. The van der Waals surface area contributed by atoms with Crippen LogP contribution in [0.4, 0.5) is 0 Å². The summed E-state index contributed by atoms with van der Waals surface area (Å²) < 4.78 is 28.1. The molecule has 0 radical (unpaired) electrons. The lowest BCUT2D eigenvalue weighted by Crippen LogP contribution is -2.28. The summed E-state index contributed by atoms with van der Waals surface area (Å²) in [5.41, 5.74) is 1.20. The highest BCUT2D eigenvalue weighted by Crippen LogP contribution is 2.68. The fourth-order valence-electron chi connectivity index (χ4n) is 3.24. The fraction of sp³-hybridized carbons (Fsp3) is 0.733. The normalized spacial score (nSPS) is 20.7. The van der Waals surface area contributed by atoms with Crippen molar-refractivity contribution in [2.24, 2.45) is 16.7 Å². The van der Waals surface area contributed by atoms with Gasteiger partial charge in [0.05, 0.1) is 0 Å². The van der Waals surface area contributed by atoms with Gasteiger partial charge < -0.3 is 5.32 Å². The van der Waals surface area contributed by atoms with E-state index in [1.54, 1.807) is 0 Å². The van der Waals surface area contributed by atoms with E-state index in [1.165, 1.54) is 11.3 Å². The molecule has 0 spiro atoms. The van der Waals surface area contributed by atoms with E-state index in [0.29, 0.717) is 23.9 Å². The van der Waals surface area contributed by atoms with Gasteiger partial charge in [-0.2, -0.15) is 0 Å². The summed E-state index contributed by atoms with van der Waals surface area (Å²) in [4.78, 5) is 1.33. The van der Waals surface area contributed by atoms with Gasteiger partial charge in [0.2, 0.25) is 10.0 Å². The quantitative estimate of drug-likeness (QED) is 0.843. The lowest BCUT2D eigenvalue weighted by molar-refractivity contribution is 0.457. The molecule has 0 atom stereocenters. The Labute approximate surface area is 132 Å². The third kappa shape index (κ3) is 2.79. The number of hydrogen-bond donors (Lipinski definition) is 2. The molecule has 4 nitrogen and oxygen atoms in total. The summed E-state index contributed by atoms with van der Waals surface area (Å²) >= 11 is 1.50. The van der Waals surface area contributed by atoms with E-state index >= 15 is 0 Å². The maximum absolute atomic E-state index is 12.6. The topological polar surface area (TPSA) is 58.2 Å². The van der Waals surface area contributed by atoms with E-state index in [9.17, 15) is 8.42 Å². The molecule has 0 bridgehead atoms. The second-order valence-electron chi connectivity index (χ2n) is 7.05. The first-order valence-corrected chi connectivity index (χ1v) is 9.63. The van der Waals surface area contributed by atoms with Crippen molar-refractivity contribution in [3.05, 3.63) is 15.8 Å². The molecule has 1 saturated carbocycles. The Balaban J connectivity index is 2.15. The third-order valence-corrected chi connectivity index (χ3v) is 8.28. The van der Waals surface area contributed by atoms with E-state index in [-0.39, 0.29) is 10.8 Å². The first-order chi connectivity index (χ1) is 9.55. The van der Waals surface area contributed by atoms with Crippen LogP contribution in [0.25, 0.3) is 0 Å². The third-order valence-electron chi connectivity index (χ3n) is 5.39. The number of sulfonamides is 1. The number of hydrogen-bond acceptors (Lipinski definition) is 4. The molecule has 1 aromatic heterocycles. The van der Waals surface area contributed by atoms with Crippen LogP contribution >= 0.6 is 11.3 Å². The van der Waals surface area contributed by atoms with Crippen molar-refractivity contribution in [3.8, 4) is 0 Å². The molecule has 6 heteroatoms. The molecule has 1 heterocycles. The Hall–Kier alpha value is -0.430. The summed E-state index contributed by atoms with van der Waals surface area (Å²) in [5.74, 6) is 0.381. The highest BCUT2D eigenvalue weighted by molar-refractivity contribution is 7.89. The van der Waals surface area contributed by atoms with Crippen LogP contribution in [0.3, 0.4) is 0 Å². The predicted octanol–water partition coefficient (Wildman–Crippen LogP) is 2.74. The van der Waals surface area contributed by atoms with Crippen LogP contribution in [0.15, 0.2) is 10.3 Å². The van der Waals surface area contributed by atoms with Gasteiger partial charge in [-0.3, -0.25) is 0 Å². The number of aryl methyl sites for hydroxylation is 1. The molecule has 1 aliphatic carbocycles. The average Bonchev–Trinajstić information content (AvgIpc) is 2.63. The summed E-state index contributed by atoms with van der Waals surface area (Å²) in [6.07, 6.45) is 0. The standard InChI is InChI=1S/C15H26N2O2S2/c1-10-9-20-11(7-16-6)13(10)21(18,19)17-8-12-14(2,3)15(12,4)5/h9,12,16-17H,7-8H2,1-6H3. The van der Waals surface area contributed by atoms with Gasteiger partial charge in [0.25, 0.3) is 0 Å². The summed E-state index contributed by atoms with van der Waals surface area (Å²) in [6.45, 7) is 11.8. The van der Waals surface area contributed by atoms with Gasteiger partial charge in [-0.25, -0.2) is 13.1 Å². The van der Waals surface area contributed by atoms with Crippen molar-refractivity contribution in [2.75, 3.05) is 13.6 Å². The van der Waals surface area contributed by atoms with Crippen LogP contribution in [0.2, 0.25) is 0 Å². The highest BCUT2D eigenvalue weighted by atomic mass is 32.2. The van der Waals surface area contributed by atoms with Crippen LogP contribution < -0.4 is 10.0 Å². The van der Waals surface area contributed by atoms with Gasteiger partial charge in [-0.15, -0.1) is 11.3 Å². The number of nitrogens with one attached hydrogen (secondary N) is 2. The second-order valence-corrected chi connectivity index (χ2v) is 9.72. The molecule has 2 rings (SSSR count). The summed E-state index contributed by atoms with van der Waals surface area (Å²) in [5, 5.41) is 4.94. The number of rotatable bonds is 6. The zero-order valence-corrected chi connectivity index (χ0v) is 15.3. The SMILES string of the molecule is CNCc1scc(C)c1S(=O)(=O)NCC1C(C)(C)C1(C)C. The van der Waals surface area contributed by atoms with Crippen molar-refractivity contribution in [1.82, 2.24) is 10.0 Å². The van der Waals surface area contributed by atoms with Crippen LogP contribution in [0.5, 0.6) is 0 Å². The monoisotopic (exact) mass is 330 g/mol. The van der Waals surface area contributed by atoms with Gasteiger partial charge in [-0.1, -0.05) is 27.7 Å². The molecule has 1 aliphatic rings. The summed E-state index contributed by atoms with van der Waals surface area (Å²) in [6, 6.07) is 0. The lowest BCUT2D eigenvalue weighted by atomic mass is 10.0. The molecule has 21 heavy (non-hydrogen) atoms. The second kappa shape index (κ2) is 5.33. The van der Waals surface area contributed by atoms with Gasteiger partial charge in [0.1, 0.15) is 4.90 Å². The zero-order valence-electron chi connectivity index (χ0n) is 13.7. The van der Waals surface area contributed by atoms with Gasteiger partial charge in [0, 0.05) is 18.0 Å². The Morgan fingerprint density at radius 1 is 1.24 bits per heavy atom. The zero-order chi connectivity index (χ0) is 16.1. The smallest absolute Gasteiger partial charge is 0.241 e. The molecular formula is C15H26N2O2S2. The minimum Gasteiger partial charge on any atom is -0.315 e. The molecule has 2 N–H and O–H groups in total. The van der Waals surface area contributed by atoms with E-state index in [0.717, 1.165) is 10.4 Å². The fourth-order valence-corrected chi connectivity index (χ4v) is 6.11. The molecular weight excluding hydrogens is 304 g/mol. The molecule has 120 valence electrons. The first kappa shape index (κ1) is 16.9. The van der Waals surface area contributed by atoms with Crippen molar-refractivity contribution >= 4 is 21.4 Å². The Morgan fingerprint density at radius 3 is 2.29 bits per heavy atom. The van der Waals surface area contributed by atoms with Crippen LogP contribution in [0.1, 0.15) is 38.1 Å². The van der Waals surface area contributed by atoms with Crippen LogP contribution in [-0.2, 0) is 16.6 Å². The largest absolute Gasteiger partial charge is 0.315 e. The molecule has 0 saturated heterocycles. The Kier molecular flexibility index (Phi) is 4.30. The first-order valence-electron chi connectivity index (χ1n) is 7.27. The van der Waals surface area contributed by atoms with Gasteiger partial charge in [0.15, 0.2) is 0 Å². The predicted molar refractivity (Wildman–Crippen MR) is 88.1 cm³/mol. The molecule has 0 unspecified atom stereocenters. The summed E-state index contributed by atoms with van der Waals surface area (Å²) in [7, 11) is -1.61. The highest BCUT2D eigenvalue weighted by Gasteiger charge is 2.64. The Bertz CT molecular complexity index is 616. The Morgan fingerprint density at radius 2 is 1.81 bits per heavy atom.